The van der Waals surface area contributed by atoms with Crippen molar-refractivity contribution >= 4 is 0 Å². The predicted octanol–water partition coefficient (Wildman–Crippen LogP) is 3.27. The van der Waals surface area contributed by atoms with E-state index in [-0.39, 0.29) is 24.5 Å². The second-order valence-corrected chi connectivity index (χ2v) is 5.05. The van der Waals surface area contributed by atoms with Gasteiger partial charge in [0.15, 0.2) is 0 Å². The highest BCUT2D eigenvalue weighted by molar-refractivity contribution is 5.20. The van der Waals surface area contributed by atoms with Gasteiger partial charge in [0.2, 0.25) is 0 Å². The van der Waals surface area contributed by atoms with Crippen LogP contribution in [0.25, 0.3) is 0 Å². The Morgan fingerprint density at radius 2 is 2.06 bits per heavy atom. The molecule has 18 heavy (non-hydrogen) atoms. The van der Waals surface area contributed by atoms with Crippen LogP contribution < -0.4 is 5.32 Å². The van der Waals surface area contributed by atoms with E-state index in [0.29, 0.717) is 5.92 Å². The Kier molecular flexibility index (Phi) is 6.30. The molecule has 3 heteroatoms. The third-order valence-electron chi connectivity index (χ3n) is 3.32. The highest BCUT2D eigenvalue weighted by Crippen LogP contribution is 2.20. The molecule has 0 saturated heterocycles. The first-order valence-electron chi connectivity index (χ1n) is 6.70. The molecule has 2 atom stereocenters. The Labute approximate surface area is 109 Å². The lowest BCUT2D eigenvalue weighted by atomic mass is 9.97. The SMILES string of the molecule is CCC(NC(CCO)C(C)C)c1cccc(F)c1. The normalized spacial score (nSPS) is 14.8. The summed E-state index contributed by atoms with van der Waals surface area (Å²) in [5, 5.41) is 12.6. The van der Waals surface area contributed by atoms with Crippen LogP contribution in [0.5, 0.6) is 0 Å². The van der Waals surface area contributed by atoms with Gasteiger partial charge in [0.05, 0.1) is 0 Å². The van der Waals surface area contributed by atoms with Crippen LogP contribution in [0.2, 0.25) is 0 Å². The van der Waals surface area contributed by atoms with Crippen molar-refractivity contribution in [2.24, 2.45) is 5.92 Å². The standard InChI is InChI=1S/C15H24FNO/c1-4-14(12-6-5-7-13(16)10-12)17-15(8-9-18)11(2)3/h5-7,10-11,14-15,17-18H,4,8-9H2,1-3H3. The molecule has 102 valence electrons. The molecule has 2 N–H and O–H groups in total. The molecule has 0 bridgehead atoms. The smallest absolute Gasteiger partial charge is 0.123 e. The number of aliphatic hydroxyl groups is 1. The van der Waals surface area contributed by atoms with Crippen LogP contribution in [0.1, 0.15) is 45.2 Å². The fraction of sp³-hybridized carbons (Fsp3) is 0.600. The molecule has 0 aliphatic carbocycles. The minimum Gasteiger partial charge on any atom is -0.396 e. The zero-order chi connectivity index (χ0) is 13.5. The summed E-state index contributed by atoms with van der Waals surface area (Å²) in [6.45, 7) is 6.52. The molecule has 1 aromatic rings. The van der Waals surface area contributed by atoms with Gasteiger partial charge in [-0.3, -0.25) is 0 Å². The van der Waals surface area contributed by atoms with Gasteiger partial charge >= 0.3 is 0 Å². The Balaban J connectivity index is 2.77. The Morgan fingerprint density at radius 3 is 2.56 bits per heavy atom. The largest absolute Gasteiger partial charge is 0.396 e. The van der Waals surface area contributed by atoms with E-state index in [1.807, 2.05) is 6.07 Å². The van der Waals surface area contributed by atoms with Crippen LogP contribution >= 0.6 is 0 Å². The van der Waals surface area contributed by atoms with E-state index in [1.54, 1.807) is 12.1 Å². The lowest BCUT2D eigenvalue weighted by molar-refractivity contribution is 0.233. The van der Waals surface area contributed by atoms with Crippen molar-refractivity contribution in [1.82, 2.24) is 5.32 Å². The van der Waals surface area contributed by atoms with Crippen molar-refractivity contribution in [1.29, 1.82) is 0 Å². The third-order valence-corrected chi connectivity index (χ3v) is 3.32. The van der Waals surface area contributed by atoms with Crippen molar-refractivity contribution in [3.8, 4) is 0 Å². The molecule has 0 aliphatic heterocycles. The summed E-state index contributed by atoms with van der Waals surface area (Å²) in [7, 11) is 0. The summed E-state index contributed by atoms with van der Waals surface area (Å²) in [6.07, 6.45) is 1.63. The van der Waals surface area contributed by atoms with E-state index < -0.39 is 0 Å². The topological polar surface area (TPSA) is 32.3 Å². The molecule has 0 fully saturated rings. The minimum absolute atomic E-state index is 0.139. The lowest BCUT2D eigenvalue weighted by Gasteiger charge is -2.28. The monoisotopic (exact) mass is 253 g/mol. The Morgan fingerprint density at radius 1 is 1.33 bits per heavy atom. The van der Waals surface area contributed by atoms with Gasteiger partial charge in [0.1, 0.15) is 5.82 Å². The summed E-state index contributed by atoms with van der Waals surface area (Å²) in [4.78, 5) is 0. The fourth-order valence-electron chi connectivity index (χ4n) is 2.18. The third kappa shape index (κ3) is 4.39. The summed E-state index contributed by atoms with van der Waals surface area (Å²) in [6, 6.07) is 7.12. The molecular weight excluding hydrogens is 229 g/mol. The lowest BCUT2D eigenvalue weighted by Crippen LogP contribution is -2.37. The maximum absolute atomic E-state index is 13.2. The van der Waals surface area contributed by atoms with Crippen LogP contribution in [0.15, 0.2) is 24.3 Å². The zero-order valence-corrected chi connectivity index (χ0v) is 11.5. The molecule has 1 aromatic carbocycles. The van der Waals surface area contributed by atoms with Gasteiger partial charge in [-0.2, -0.15) is 0 Å². The maximum atomic E-state index is 13.2. The van der Waals surface area contributed by atoms with Gasteiger partial charge in [0, 0.05) is 18.7 Å². The zero-order valence-electron chi connectivity index (χ0n) is 11.5. The van der Waals surface area contributed by atoms with E-state index in [2.05, 4.69) is 26.1 Å². The van der Waals surface area contributed by atoms with Crippen LogP contribution in [-0.4, -0.2) is 17.8 Å². The van der Waals surface area contributed by atoms with E-state index >= 15 is 0 Å². The van der Waals surface area contributed by atoms with Gasteiger partial charge in [0.25, 0.3) is 0 Å². The first kappa shape index (κ1) is 15.1. The first-order chi connectivity index (χ1) is 8.58. The van der Waals surface area contributed by atoms with Crippen LogP contribution in [0.3, 0.4) is 0 Å². The molecule has 0 aromatic heterocycles. The second-order valence-electron chi connectivity index (χ2n) is 5.05. The molecule has 2 unspecified atom stereocenters. The van der Waals surface area contributed by atoms with Gasteiger partial charge < -0.3 is 10.4 Å². The van der Waals surface area contributed by atoms with Gasteiger partial charge in [-0.1, -0.05) is 32.9 Å². The maximum Gasteiger partial charge on any atom is 0.123 e. The highest BCUT2D eigenvalue weighted by Gasteiger charge is 2.18. The number of nitrogens with one attached hydrogen (secondary N) is 1. The van der Waals surface area contributed by atoms with Crippen molar-refractivity contribution in [3.05, 3.63) is 35.6 Å². The number of benzene rings is 1. The molecular formula is C15H24FNO. The average Bonchev–Trinajstić information content (AvgIpc) is 2.34. The number of hydrogen-bond acceptors (Lipinski definition) is 2. The number of rotatable bonds is 7. The second kappa shape index (κ2) is 7.49. The van der Waals surface area contributed by atoms with Gasteiger partial charge in [-0.15, -0.1) is 0 Å². The molecule has 0 aliphatic rings. The van der Waals surface area contributed by atoms with Crippen molar-refractivity contribution in [3.63, 3.8) is 0 Å². The van der Waals surface area contributed by atoms with Crippen LogP contribution in [0.4, 0.5) is 4.39 Å². The molecule has 0 spiro atoms. The molecule has 1 rings (SSSR count). The number of hydrogen-bond donors (Lipinski definition) is 2. The minimum atomic E-state index is -0.198. The van der Waals surface area contributed by atoms with E-state index in [0.717, 1.165) is 18.4 Å². The average molecular weight is 253 g/mol. The van der Waals surface area contributed by atoms with E-state index in [1.165, 1.54) is 6.07 Å². The molecule has 0 amide bonds. The highest BCUT2D eigenvalue weighted by atomic mass is 19.1. The quantitative estimate of drug-likeness (QED) is 0.781. The van der Waals surface area contributed by atoms with Crippen LogP contribution in [-0.2, 0) is 0 Å². The van der Waals surface area contributed by atoms with Crippen molar-refractivity contribution < 1.29 is 9.50 Å². The van der Waals surface area contributed by atoms with E-state index in [9.17, 15) is 4.39 Å². The Bertz CT molecular complexity index is 354. The van der Waals surface area contributed by atoms with Crippen molar-refractivity contribution in [2.45, 2.75) is 45.7 Å². The molecule has 0 saturated carbocycles. The summed E-state index contributed by atoms with van der Waals surface area (Å²) < 4.78 is 13.2. The van der Waals surface area contributed by atoms with Gasteiger partial charge in [-0.25, -0.2) is 4.39 Å². The molecule has 0 heterocycles. The van der Waals surface area contributed by atoms with Gasteiger partial charge in [-0.05, 0) is 36.5 Å². The molecule has 2 nitrogen and oxygen atoms in total. The summed E-state index contributed by atoms with van der Waals surface area (Å²) in [5.41, 5.74) is 0.973. The molecule has 0 radical (unpaired) electrons. The van der Waals surface area contributed by atoms with E-state index in [4.69, 9.17) is 5.11 Å². The van der Waals surface area contributed by atoms with Crippen molar-refractivity contribution in [2.75, 3.05) is 6.61 Å². The summed E-state index contributed by atoms with van der Waals surface area (Å²) >= 11 is 0. The Hall–Kier alpha value is -0.930. The number of aliphatic hydroxyl groups excluding tert-OH is 1. The van der Waals surface area contributed by atoms with Crippen LogP contribution in [0, 0.1) is 11.7 Å². The summed E-state index contributed by atoms with van der Waals surface area (Å²) in [5.74, 6) is 0.246. The fourth-order valence-corrected chi connectivity index (χ4v) is 2.18. The predicted molar refractivity (Wildman–Crippen MR) is 72.9 cm³/mol. The first-order valence-corrected chi connectivity index (χ1v) is 6.70. The number of halogens is 1.